The Morgan fingerprint density at radius 3 is 2.60 bits per heavy atom. The van der Waals surface area contributed by atoms with Crippen molar-refractivity contribution in [3.63, 3.8) is 0 Å². The van der Waals surface area contributed by atoms with E-state index in [1.807, 2.05) is 12.1 Å². The van der Waals surface area contributed by atoms with Crippen LogP contribution in [-0.2, 0) is 14.8 Å². The van der Waals surface area contributed by atoms with Crippen LogP contribution in [0.1, 0.15) is 85.8 Å². The summed E-state index contributed by atoms with van der Waals surface area (Å²) in [6, 6.07) is 19.5. The quantitative estimate of drug-likeness (QED) is 0.0689. The molecular weight excluding hydrogens is 823 g/mol. The molecule has 1 amide bonds. The number of sulfonamides is 1. The number of amides is 1. The zero-order valence-corrected chi connectivity index (χ0v) is 36.5. The van der Waals surface area contributed by atoms with Crippen molar-refractivity contribution in [1.82, 2.24) is 29.9 Å². The van der Waals surface area contributed by atoms with Crippen molar-refractivity contribution in [2.75, 3.05) is 62.7 Å². The Labute approximate surface area is 367 Å². The van der Waals surface area contributed by atoms with E-state index in [0.717, 1.165) is 81.7 Å². The molecule has 17 heteroatoms. The molecule has 3 aromatic heterocycles. The Kier molecular flexibility index (Phi) is 12.1. The van der Waals surface area contributed by atoms with Gasteiger partial charge in [0.1, 0.15) is 22.0 Å². The second-order valence-electron chi connectivity index (χ2n) is 17.8. The summed E-state index contributed by atoms with van der Waals surface area (Å²) in [5, 5.41) is 19.5. The molecule has 1 spiro atoms. The summed E-state index contributed by atoms with van der Waals surface area (Å²) in [4.78, 5) is 41.4. The van der Waals surface area contributed by atoms with Crippen LogP contribution in [0.2, 0.25) is 0 Å². The lowest BCUT2D eigenvalue weighted by Gasteiger charge is -2.57. The summed E-state index contributed by atoms with van der Waals surface area (Å²) < 4.78 is 41.2. The van der Waals surface area contributed by atoms with E-state index in [1.165, 1.54) is 30.2 Å². The van der Waals surface area contributed by atoms with Gasteiger partial charge in [-0.25, -0.2) is 23.1 Å². The molecule has 5 aromatic rings. The lowest BCUT2D eigenvalue weighted by Crippen LogP contribution is -2.59. The van der Waals surface area contributed by atoms with Crippen LogP contribution in [0.3, 0.4) is 0 Å². The first-order valence-corrected chi connectivity index (χ1v) is 23.5. The minimum Gasteiger partial charge on any atom is -0.455 e. The number of rotatable bonds is 13. The highest BCUT2D eigenvalue weighted by atomic mass is 32.2. The topological polar surface area (TPSA) is 197 Å². The van der Waals surface area contributed by atoms with Crippen LogP contribution in [0.4, 0.5) is 17.2 Å². The van der Waals surface area contributed by atoms with Gasteiger partial charge in [-0.15, -0.1) is 0 Å². The maximum Gasteiger partial charge on any atom is 0.312 e. The number of carbonyl (C=O) groups excluding carboxylic acids is 1. The van der Waals surface area contributed by atoms with Gasteiger partial charge in [0, 0.05) is 94.0 Å². The number of hydrogen-bond acceptors (Lipinski definition) is 13. The molecular formula is C46H55N9O7S. The van der Waals surface area contributed by atoms with Gasteiger partial charge in [0.05, 0.1) is 22.9 Å². The summed E-state index contributed by atoms with van der Waals surface area (Å²) in [7, 11) is -4.61. The minimum absolute atomic E-state index is 0.0337. The van der Waals surface area contributed by atoms with Crippen molar-refractivity contribution in [2.45, 2.75) is 75.3 Å². The first kappa shape index (κ1) is 42.7. The Morgan fingerprint density at radius 1 is 1.03 bits per heavy atom. The normalized spacial score (nSPS) is 19.9. The number of aromatic nitrogens is 3. The van der Waals surface area contributed by atoms with Crippen LogP contribution in [0.25, 0.3) is 11.0 Å². The number of fused-ring (bicyclic) bond motifs is 1. The number of piperidine rings is 1. The lowest BCUT2D eigenvalue weighted by molar-refractivity contribution is -0.384. The van der Waals surface area contributed by atoms with Gasteiger partial charge < -0.3 is 30.0 Å². The summed E-state index contributed by atoms with van der Waals surface area (Å²) in [5.74, 6) is 0.198. The molecule has 0 bridgehead atoms. The molecule has 332 valence electrons. The van der Waals surface area contributed by atoms with E-state index in [0.29, 0.717) is 49.2 Å². The van der Waals surface area contributed by atoms with E-state index in [4.69, 9.17) is 9.47 Å². The molecule has 3 saturated heterocycles. The Bertz CT molecular complexity index is 2580. The first-order valence-electron chi connectivity index (χ1n) is 22.0. The fraction of sp³-hybridized carbons (Fsp3) is 0.457. The molecule has 16 nitrogen and oxygen atoms in total. The molecule has 3 aliphatic heterocycles. The van der Waals surface area contributed by atoms with E-state index in [-0.39, 0.29) is 28.5 Å². The van der Waals surface area contributed by atoms with Crippen molar-refractivity contribution < 1.29 is 27.6 Å². The molecule has 1 saturated carbocycles. The van der Waals surface area contributed by atoms with Crippen LogP contribution in [0, 0.1) is 21.4 Å². The predicted molar refractivity (Wildman–Crippen MR) is 240 cm³/mol. The van der Waals surface area contributed by atoms with Gasteiger partial charge in [0.15, 0.2) is 0 Å². The number of anilines is 2. The zero-order valence-electron chi connectivity index (χ0n) is 35.7. The van der Waals surface area contributed by atoms with Gasteiger partial charge in [-0.2, -0.15) is 0 Å². The van der Waals surface area contributed by atoms with Crippen LogP contribution in [0.5, 0.6) is 11.5 Å². The molecule has 4 fully saturated rings. The van der Waals surface area contributed by atoms with E-state index in [9.17, 15) is 23.3 Å². The van der Waals surface area contributed by atoms with E-state index >= 15 is 0 Å². The standard InChI is InChI=1S/C46H55N9O7S/c1-30(2)37-5-3-4-6-38(37)41-29-47-15-18-54(41)34-24-46(25-34)12-16-53(17-13-46)33-7-8-39(42(22-33)62-35-21-32-9-14-48-43(32)50-27-35)45(56)52-63(59,60)36-23-40(55(57)58)44(51-28-36)49-26-31-10-19-61-20-11-31/h3-9,14,21-23,27-28,30-31,34,41,47H,10-13,15-20,24-26,29H2,1-2H3,(H,48,50)(H,49,51)(H,52,56)/t41-/m1/s1. The number of nitrogens with zero attached hydrogens (tertiary/aromatic N) is 5. The van der Waals surface area contributed by atoms with E-state index in [2.05, 4.69) is 78.2 Å². The van der Waals surface area contributed by atoms with E-state index in [1.54, 1.807) is 24.4 Å². The highest BCUT2D eigenvalue weighted by Crippen LogP contribution is 2.53. The maximum atomic E-state index is 13.9. The number of benzene rings is 2. The third kappa shape index (κ3) is 9.10. The second-order valence-corrected chi connectivity index (χ2v) is 19.5. The summed E-state index contributed by atoms with van der Waals surface area (Å²) >= 11 is 0. The SMILES string of the molecule is CC(C)c1ccccc1[C@H]1CNCCN1C1CC2(CCN(c3ccc(C(=O)NS(=O)(=O)c4cnc(NCC5CCOCC5)c([N+](=O)[O-])c4)c(Oc4cnc5[nH]ccc5c4)c3)CC2)C1. The van der Waals surface area contributed by atoms with Crippen molar-refractivity contribution in [3.8, 4) is 11.5 Å². The summed E-state index contributed by atoms with van der Waals surface area (Å²) in [5.41, 5.74) is 4.12. The van der Waals surface area contributed by atoms with Gasteiger partial charge in [-0.3, -0.25) is 19.8 Å². The molecule has 6 heterocycles. The number of piperazine rings is 1. The zero-order chi connectivity index (χ0) is 43.7. The van der Waals surface area contributed by atoms with Crippen molar-refractivity contribution in [2.24, 2.45) is 11.3 Å². The number of hydrogen-bond donors (Lipinski definition) is 4. The molecule has 1 atom stereocenters. The number of nitro groups is 1. The Hall–Kier alpha value is -5.62. The minimum atomic E-state index is -4.61. The fourth-order valence-corrected chi connectivity index (χ4v) is 10.9. The van der Waals surface area contributed by atoms with Crippen molar-refractivity contribution >= 4 is 44.2 Å². The van der Waals surface area contributed by atoms with Crippen LogP contribution in [-0.4, -0.2) is 97.6 Å². The molecule has 0 radical (unpaired) electrons. The number of aromatic amines is 1. The summed E-state index contributed by atoms with van der Waals surface area (Å²) in [6.45, 7) is 10.9. The predicted octanol–water partition coefficient (Wildman–Crippen LogP) is 7.13. The largest absolute Gasteiger partial charge is 0.455 e. The third-order valence-corrected chi connectivity index (χ3v) is 14.8. The van der Waals surface area contributed by atoms with Crippen molar-refractivity contribution in [1.29, 1.82) is 0 Å². The first-order chi connectivity index (χ1) is 30.4. The molecule has 1 aliphatic carbocycles. The van der Waals surface area contributed by atoms with Gasteiger partial charge in [-0.05, 0) is 91.2 Å². The van der Waals surface area contributed by atoms with E-state index < -0.39 is 31.4 Å². The van der Waals surface area contributed by atoms with Gasteiger partial charge in [0.25, 0.3) is 15.9 Å². The molecule has 63 heavy (non-hydrogen) atoms. The highest BCUT2D eigenvalue weighted by Gasteiger charge is 2.49. The maximum absolute atomic E-state index is 13.9. The number of pyridine rings is 2. The number of carbonyl (C=O) groups is 1. The average Bonchev–Trinajstić information content (AvgIpc) is 3.76. The second kappa shape index (κ2) is 17.9. The number of H-pyrrole nitrogens is 1. The highest BCUT2D eigenvalue weighted by molar-refractivity contribution is 7.90. The Morgan fingerprint density at radius 2 is 1.83 bits per heavy atom. The smallest absolute Gasteiger partial charge is 0.312 e. The van der Waals surface area contributed by atoms with Crippen LogP contribution in [0.15, 0.2) is 84.1 Å². The molecule has 9 rings (SSSR count). The van der Waals surface area contributed by atoms with Crippen LogP contribution < -0.4 is 25.0 Å². The van der Waals surface area contributed by atoms with Crippen molar-refractivity contribution in [3.05, 3.63) is 106 Å². The van der Waals surface area contributed by atoms with Gasteiger partial charge in [-0.1, -0.05) is 38.1 Å². The average molecular weight is 878 g/mol. The molecule has 2 aromatic carbocycles. The monoisotopic (exact) mass is 877 g/mol. The van der Waals surface area contributed by atoms with Crippen LogP contribution >= 0.6 is 0 Å². The molecule has 0 unspecified atom stereocenters. The Balaban J connectivity index is 0.905. The number of nitrogens with one attached hydrogen (secondary N) is 4. The molecule has 4 aliphatic rings. The summed E-state index contributed by atoms with van der Waals surface area (Å²) in [6.07, 6.45) is 10.3. The van der Waals surface area contributed by atoms with Gasteiger partial charge >= 0.3 is 5.69 Å². The lowest BCUT2D eigenvalue weighted by atomic mass is 9.59. The fourth-order valence-electron chi connectivity index (χ4n) is 9.97. The number of ether oxygens (including phenoxy) is 2. The van der Waals surface area contributed by atoms with Gasteiger partial charge in [0.2, 0.25) is 5.82 Å². The molecule has 4 N–H and O–H groups in total. The third-order valence-electron chi connectivity index (χ3n) is 13.5.